The summed E-state index contributed by atoms with van der Waals surface area (Å²) in [5.41, 5.74) is 0.0145. The van der Waals surface area contributed by atoms with Crippen LogP contribution >= 0.6 is 0 Å². The number of rotatable bonds is 0. The molecule has 0 aromatic carbocycles. The van der Waals surface area contributed by atoms with Crippen molar-refractivity contribution >= 4 is 11.6 Å². The largest absolute Gasteiger partial charge is 0.393 e. The molecule has 0 aliphatic heterocycles. The van der Waals surface area contributed by atoms with Crippen LogP contribution in [0.5, 0.6) is 0 Å². The first-order valence-corrected chi connectivity index (χ1v) is 9.09. The molecule has 0 heterocycles. The number of ketones is 2. The predicted octanol–water partition coefficient (Wildman–Crippen LogP) is 3.14. The SMILES string of the molecule is C[C@]12CCC(=O)CC1CC(O)[C@@H]1[C@@H]2CC[C@]2(C)C(=O)CC[C@@H]12. The molecule has 2 unspecified atom stereocenters. The Kier molecular flexibility index (Phi) is 3.15. The zero-order valence-corrected chi connectivity index (χ0v) is 13.8. The second-order valence-electron chi connectivity index (χ2n) is 8.96. The maximum absolute atomic E-state index is 12.4. The van der Waals surface area contributed by atoms with Crippen molar-refractivity contribution in [2.75, 3.05) is 0 Å². The first kappa shape index (κ1) is 14.9. The second kappa shape index (κ2) is 4.66. The number of aliphatic hydroxyl groups excluding tert-OH is 1. The molecule has 4 aliphatic carbocycles. The van der Waals surface area contributed by atoms with Gasteiger partial charge >= 0.3 is 0 Å². The highest BCUT2D eigenvalue weighted by atomic mass is 16.3. The smallest absolute Gasteiger partial charge is 0.139 e. The van der Waals surface area contributed by atoms with Crippen molar-refractivity contribution < 1.29 is 14.7 Å². The van der Waals surface area contributed by atoms with Gasteiger partial charge in [-0.05, 0) is 61.2 Å². The van der Waals surface area contributed by atoms with Crippen molar-refractivity contribution in [2.24, 2.45) is 34.5 Å². The summed E-state index contributed by atoms with van der Waals surface area (Å²) in [6, 6.07) is 0. The predicted molar refractivity (Wildman–Crippen MR) is 83.1 cm³/mol. The van der Waals surface area contributed by atoms with E-state index in [1.807, 2.05) is 0 Å². The molecule has 1 N–H and O–H groups in total. The summed E-state index contributed by atoms with van der Waals surface area (Å²) in [4.78, 5) is 24.3. The molecule has 0 aromatic rings. The highest BCUT2D eigenvalue weighted by Gasteiger charge is 2.62. The average molecular weight is 304 g/mol. The van der Waals surface area contributed by atoms with Gasteiger partial charge in [0.25, 0.3) is 0 Å². The lowest BCUT2D eigenvalue weighted by molar-refractivity contribution is -0.166. The molecule has 0 saturated heterocycles. The van der Waals surface area contributed by atoms with Gasteiger partial charge in [0.15, 0.2) is 0 Å². The number of Topliss-reactive ketones (excluding diaryl/α,β-unsaturated/α-hetero) is 2. The number of fused-ring (bicyclic) bond motifs is 5. The van der Waals surface area contributed by atoms with E-state index in [1.165, 1.54) is 0 Å². The summed E-state index contributed by atoms with van der Waals surface area (Å²) >= 11 is 0. The number of aliphatic hydroxyl groups is 1. The van der Waals surface area contributed by atoms with Crippen LogP contribution in [0, 0.1) is 34.5 Å². The molecule has 22 heavy (non-hydrogen) atoms. The highest BCUT2D eigenvalue weighted by molar-refractivity contribution is 5.87. The highest BCUT2D eigenvalue weighted by Crippen LogP contribution is 2.65. The van der Waals surface area contributed by atoms with Gasteiger partial charge < -0.3 is 5.11 Å². The van der Waals surface area contributed by atoms with Crippen LogP contribution in [0.1, 0.15) is 65.2 Å². The Morgan fingerprint density at radius 3 is 2.59 bits per heavy atom. The van der Waals surface area contributed by atoms with Crippen molar-refractivity contribution in [3.63, 3.8) is 0 Å². The fraction of sp³-hybridized carbons (Fsp3) is 0.895. The van der Waals surface area contributed by atoms with E-state index in [0.29, 0.717) is 48.6 Å². The molecule has 0 aromatic heterocycles. The molecule has 4 aliphatic rings. The quantitative estimate of drug-likeness (QED) is 0.748. The number of carbonyl (C=O) groups excluding carboxylic acids is 2. The van der Waals surface area contributed by atoms with E-state index in [2.05, 4.69) is 13.8 Å². The van der Waals surface area contributed by atoms with Crippen LogP contribution in [0.25, 0.3) is 0 Å². The van der Waals surface area contributed by atoms with E-state index >= 15 is 0 Å². The molecule has 0 bridgehead atoms. The topological polar surface area (TPSA) is 54.4 Å². The third-order valence-electron chi connectivity index (χ3n) is 8.21. The summed E-state index contributed by atoms with van der Waals surface area (Å²) in [7, 11) is 0. The van der Waals surface area contributed by atoms with Gasteiger partial charge in [-0.3, -0.25) is 9.59 Å². The molecule has 0 spiro atoms. The Morgan fingerprint density at radius 2 is 1.82 bits per heavy atom. The van der Waals surface area contributed by atoms with E-state index in [9.17, 15) is 14.7 Å². The summed E-state index contributed by atoms with van der Waals surface area (Å²) in [5.74, 6) is 2.30. The van der Waals surface area contributed by atoms with Crippen molar-refractivity contribution in [3.8, 4) is 0 Å². The maximum Gasteiger partial charge on any atom is 0.139 e. The molecule has 7 atom stereocenters. The molecule has 3 nitrogen and oxygen atoms in total. The lowest BCUT2D eigenvalue weighted by atomic mass is 9.44. The van der Waals surface area contributed by atoms with Gasteiger partial charge in [0.2, 0.25) is 0 Å². The Hall–Kier alpha value is -0.700. The van der Waals surface area contributed by atoms with Crippen molar-refractivity contribution in [2.45, 2.75) is 71.3 Å². The average Bonchev–Trinajstić information content (AvgIpc) is 2.77. The second-order valence-corrected chi connectivity index (χ2v) is 8.96. The van der Waals surface area contributed by atoms with Crippen molar-refractivity contribution in [1.82, 2.24) is 0 Å². The Bertz CT molecular complexity index is 527. The van der Waals surface area contributed by atoms with Crippen LogP contribution in [0.4, 0.5) is 0 Å². The molecular formula is C19H28O3. The molecular weight excluding hydrogens is 276 g/mol. The minimum Gasteiger partial charge on any atom is -0.393 e. The molecule has 3 heteroatoms. The summed E-state index contributed by atoms with van der Waals surface area (Å²) in [6.07, 6.45) is 6.53. The van der Waals surface area contributed by atoms with Crippen molar-refractivity contribution in [1.29, 1.82) is 0 Å². The zero-order valence-electron chi connectivity index (χ0n) is 13.8. The van der Waals surface area contributed by atoms with Crippen LogP contribution in [-0.4, -0.2) is 22.8 Å². The van der Waals surface area contributed by atoms with Gasteiger partial charge in [0.05, 0.1) is 6.10 Å². The Morgan fingerprint density at radius 1 is 1.05 bits per heavy atom. The zero-order chi connectivity index (χ0) is 15.7. The molecule has 4 saturated carbocycles. The first-order valence-electron chi connectivity index (χ1n) is 9.09. The molecule has 4 fully saturated rings. The number of carbonyl (C=O) groups is 2. The van der Waals surface area contributed by atoms with Gasteiger partial charge in [-0.2, -0.15) is 0 Å². The van der Waals surface area contributed by atoms with E-state index < -0.39 is 0 Å². The number of hydrogen-bond acceptors (Lipinski definition) is 3. The van der Waals surface area contributed by atoms with E-state index in [4.69, 9.17) is 0 Å². The standard InChI is InChI=1S/C19H28O3/c1-18-7-5-12(20)9-11(18)10-15(21)17-13-3-4-16(22)19(13,2)8-6-14(17)18/h11,13-15,17,21H,3-10H2,1-2H3/t11?,13-,14-,15?,17-,18-,19-/m0/s1. The van der Waals surface area contributed by atoms with Crippen LogP contribution in [-0.2, 0) is 9.59 Å². The van der Waals surface area contributed by atoms with Crippen LogP contribution < -0.4 is 0 Å². The first-order chi connectivity index (χ1) is 10.4. The van der Waals surface area contributed by atoms with Crippen LogP contribution in [0.3, 0.4) is 0 Å². The molecule has 0 radical (unpaired) electrons. The minimum absolute atomic E-state index is 0.185. The Balaban J connectivity index is 1.70. The third-order valence-corrected chi connectivity index (χ3v) is 8.21. The van der Waals surface area contributed by atoms with Crippen LogP contribution in [0.15, 0.2) is 0 Å². The van der Waals surface area contributed by atoms with Gasteiger partial charge in [0, 0.05) is 24.7 Å². The Labute approximate surface area is 132 Å². The summed E-state index contributed by atoms with van der Waals surface area (Å²) in [5, 5.41) is 10.9. The maximum atomic E-state index is 12.4. The van der Waals surface area contributed by atoms with Gasteiger partial charge in [-0.25, -0.2) is 0 Å². The lowest BCUT2D eigenvalue weighted by Crippen LogP contribution is -2.58. The van der Waals surface area contributed by atoms with Gasteiger partial charge in [-0.1, -0.05) is 13.8 Å². The van der Waals surface area contributed by atoms with Gasteiger partial charge in [-0.15, -0.1) is 0 Å². The fourth-order valence-corrected chi connectivity index (χ4v) is 6.79. The molecule has 122 valence electrons. The van der Waals surface area contributed by atoms with Crippen LogP contribution in [0.2, 0.25) is 0 Å². The summed E-state index contributed by atoms with van der Waals surface area (Å²) in [6.45, 7) is 4.52. The van der Waals surface area contributed by atoms with Crippen molar-refractivity contribution in [3.05, 3.63) is 0 Å². The molecule has 4 rings (SSSR count). The number of hydrogen-bond donors (Lipinski definition) is 1. The third kappa shape index (κ3) is 1.78. The van der Waals surface area contributed by atoms with E-state index in [0.717, 1.165) is 32.1 Å². The fourth-order valence-electron chi connectivity index (χ4n) is 6.79. The normalized spacial score (nSPS) is 54.6. The molecule has 0 amide bonds. The minimum atomic E-state index is -0.315. The summed E-state index contributed by atoms with van der Waals surface area (Å²) < 4.78 is 0. The van der Waals surface area contributed by atoms with E-state index in [-0.39, 0.29) is 22.9 Å². The van der Waals surface area contributed by atoms with E-state index in [1.54, 1.807) is 0 Å². The van der Waals surface area contributed by atoms with Gasteiger partial charge in [0.1, 0.15) is 11.6 Å². The lowest BCUT2D eigenvalue weighted by Gasteiger charge is -2.60. The monoisotopic (exact) mass is 304 g/mol.